The van der Waals surface area contributed by atoms with Crippen LogP contribution in [0.25, 0.3) is 0 Å². The molecule has 0 radical (unpaired) electrons. The molecule has 0 aliphatic rings. The van der Waals surface area contributed by atoms with Crippen LogP contribution in [0, 0.1) is 0 Å². The van der Waals surface area contributed by atoms with Crippen molar-refractivity contribution in [1.29, 1.82) is 0 Å². The molecule has 1 nitrogen and oxygen atoms in total. The van der Waals surface area contributed by atoms with Crippen molar-refractivity contribution in [3.63, 3.8) is 0 Å². The molecule has 1 aromatic heterocycles. The molecule has 1 heterocycles. The van der Waals surface area contributed by atoms with Crippen molar-refractivity contribution in [1.82, 2.24) is 0 Å². The van der Waals surface area contributed by atoms with Crippen LogP contribution >= 0.6 is 41.3 Å². The highest BCUT2D eigenvalue weighted by Crippen LogP contribution is 2.28. The molecule has 0 fully saturated rings. The predicted octanol–water partition coefficient (Wildman–Crippen LogP) is 2.51. The minimum absolute atomic E-state index is 0.120. The summed E-state index contributed by atoms with van der Waals surface area (Å²) < 4.78 is -0.120. The van der Waals surface area contributed by atoms with Crippen molar-refractivity contribution in [2.24, 2.45) is 0 Å². The molecule has 0 saturated heterocycles. The fourth-order valence-corrected chi connectivity index (χ4v) is 3.68. The van der Waals surface area contributed by atoms with E-state index < -0.39 is 8.69 Å². The Morgan fingerprint density at radius 1 is 1.75 bits per heavy atom. The quantitative estimate of drug-likeness (QED) is 0.451. The summed E-state index contributed by atoms with van der Waals surface area (Å²) in [7, 11) is 6.08. The normalized spacial score (nSPS) is 12.0. The third-order valence-electron chi connectivity index (χ3n) is 0.546. The Morgan fingerprint density at radius 2 is 2.38 bits per heavy atom. The van der Waals surface area contributed by atoms with Gasteiger partial charge in [-0.15, -0.1) is 0 Å². The first kappa shape index (κ1) is 6.55. The van der Waals surface area contributed by atoms with E-state index in [-0.39, 0.29) is 9.77 Å². The highest BCUT2D eigenvalue weighted by Gasteiger charge is 2.09. The second-order valence-electron chi connectivity index (χ2n) is 1.08. The second-order valence-corrected chi connectivity index (χ2v) is 5.89. The molecular weight excluding hydrogens is 187 g/mol. The molecule has 0 amide bonds. The Kier molecular flexibility index (Phi) is 1.92. The van der Waals surface area contributed by atoms with Crippen LogP contribution in [0.15, 0.2) is 10.2 Å². The first-order valence-corrected chi connectivity index (χ1v) is 5.52. The predicted molar refractivity (Wildman–Crippen MR) is 39.3 cm³/mol. The maximum atomic E-state index is 10.5. The van der Waals surface area contributed by atoms with Gasteiger partial charge in [0.1, 0.15) is 0 Å². The third-order valence-corrected chi connectivity index (χ3v) is 4.07. The number of hydrogen-bond acceptors (Lipinski definition) is 2. The van der Waals surface area contributed by atoms with Crippen molar-refractivity contribution in [3.8, 4) is 0 Å². The van der Waals surface area contributed by atoms with Crippen molar-refractivity contribution < 1.29 is 0 Å². The van der Waals surface area contributed by atoms with Crippen LogP contribution < -0.4 is 4.74 Å². The summed E-state index contributed by atoms with van der Waals surface area (Å²) in [6, 6.07) is 0. The fraction of sp³-hybridized carbons (Fsp3) is 0. The lowest BCUT2D eigenvalue weighted by atomic mass is 10.8. The summed E-state index contributed by atoms with van der Waals surface area (Å²) in [6.45, 7) is 0. The third kappa shape index (κ3) is 1.23. The maximum absolute atomic E-state index is 10.5. The van der Waals surface area contributed by atoms with Crippen molar-refractivity contribution in [3.05, 3.63) is 19.9 Å². The Balaban J connectivity index is 3.35. The Labute approximate surface area is 61.3 Å². The van der Waals surface area contributed by atoms with Crippen LogP contribution in [0.5, 0.6) is 0 Å². The molecule has 0 aliphatic carbocycles. The lowest BCUT2D eigenvalue weighted by Crippen LogP contribution is -1.83. The van der Waals surface area contributed by atoms with Gasteiger partial charge in [0, 0.05) is 0 Å². The topological polar surface area (TPSA) is 17.1 Å². The molecule has 0 N–H and O–H groups in total. The van der Waals surface area contributed by atoms with Gasteiger partial charge < -0.3 is 0 Å². The summed E-state index contributed by atoms with van der Waals surface area (Å²) in [4.78, 5) is 10.5. The summed E-state index contributed by atoms with van der Waals surface area (Å²) in [6.07, 6.45) is 0. The van der Waals surface area contributed by atoms with Gasteiger partial charge in [-0.1, -0.05) is 11.6 Å². The summed E-state index contributed by atoms with van der Waals surface area (Å²) >= 11 is 5.37. The van der Waals surface area contributed by atoms with Crippen LogP contribution in [0.2, 0.25) is 5.02 Å². The van der Waals surface area contributed by atoms with E-state index in [1.165, 1.54) is 0 Å². The highest BCUT2D eigenvalue weighted by molar-refractivity contribution is 7.94. The van der Waals surface area contributed by atoms with E-state index in [2.05, 4.69) is 0 Å². The molecule has 1 unspecified atom stereocenters. The molecule has 0 aliphatic heterocycles. The first-order valence-electron chi connectivity index (χ1n) is 1.69. The smallest absolute Gasteiger partial charge is 0.271 e. The standard InChI is InChI=1S/C3HCl2OS2/c4-2-1-8(5)7-3(2)6/h1H/q+1. The van der Waals surface area contributed by atoms with Crippen LogP contribution in [-0.4, -0.2) is 0 Å². The van der Waals surface area contributed by atoms with Crippen LogP contribution in [0.4, 0.5) is 0 Å². The molecular formula is C3HCl2OS2+. The van der Waals surface area contributed by atoms with E-state index in [0.717, 1.165) is 10.3 Å². The lowest BCUT2D eigenvalue weighted by Gasteiger charge is -1.55. The van der Waals surface area contributed by atoms with Crippen LogP contribution in [0.1, 0.15) is 0 Å². The average molecular weight is 188 g/mol. The van der Waals surface area contributed by atoms with Gasteiger partial charge in [-0.3, -0.25) is 4.79 Å². The van der Waals surface area contributed by atoms with Gasteiger partial charge in [0.2, 0.25) is 10.7 Å². The SMILES string of the molecule is O=c1s[s+](Cl)cc1Cl. The van der Waals surface area contributed by atoms with E-state index >= 15 is 0 Å². The average Bonchev–Trinajstić information content (AvgIpc) is 1.85. The zero-order chi connectivity index (χ0) is 6.15. The summed E-state index contributed by atoms with van der Waals surface area (Å²) in [5, 5.41) is 1.81. The van der Waals surface area contributed by atoms with Gasteiger partial charge in [0.05, 0.1) is 0 Å². The second kappa shape index (κ2) is 2.35. The molecule has 0 bridgehead atoms. The zero-order valence-corrected chi connectivity index (χ0v) is 6.70. The molecule has 1 aromatic rings. The van der Waals surface area contributed by atoms with Crippen LogP contribution in [0.3, 0.4) is 0 Å². The van der Waals surface area contributed by atoms with Crippen molar-refractivity contribution >= 4 is 41.3 Å². The van der Waals surface area contributed by atoms with E-state index in [9.17, 15) is 4.79 Å². The molecule has 5 heteroatoms. The molecule has 1 rings (SSSR count). The van der Waals surface area contributed by atoms with E-state index in [4.69, 9.17) is 22.3 Å². The van der Waals surface area contributed by atoms with Gasteiger partial charge in [-0.05, 0) is 0 Å². The van der Waals surface area contributed by atoms with Crippen molar-refractivity contribution in [2.75, 3.05) is 0 Å². The van der Waals surface area contributed by atoms with E-state index in [0.29, 0.717) is 0 Å². The van der Waals surface area contributed by atoms with Gasteiger partial charge in [0.25, 0.3) is 0 Å². The Bertz CT molecular complexity index is 238. The molecule has 0 saturated carbocycles. The summed E-state index contributed by atoms with van der Waals surface area (Å²) in [5.41, 5.74) is 0. The lowest BCUT2D eigenvalue weighted by molar-refractivity contribution is 1.89. The van der Waals surface area contributed by atoms with Gasteiger partial charge in [-0.2, -0.15) is 0 Å². The monoisotopic (exact) mass is 187 g/mol. The molecule has 1 atom stereocenters. The summed E-state index contributed by atoms with van der Waals surface area (Å²) in [5.74, 6) is 0. The van der Waals surface area contributed by atoms with Crippen molar-refractivity contribution in [2.45, 2.75) is 0 Å². The number of halogens is 2. The van der Waals surface area contributed by atoms with Gasteiger partial charge in [-0.25, -0.2) is 0 Å². The minimum atomic E-state index is -0.488. The van der Waals surface area contributed by atoms with E-state index in [1.54, 1.807) is 5.38 Å². The number of hydrogen-bond donors (Lipinski definition) is 0. The van der Waals surface area contributed by atoms with Crippen LogP contribution in [-0.2, 0) is 0 Å². The largest absolute Gasteiger partial charge is 0.307 e. The molecule has 0 aromatic carbocycles. The fourth-order valence-electron chi connectivity index (χ4n) is 0.266. The Hall–Kier alpha value is 0.430. The molecule has 44 valence electrons. The molecule has 8 heavy (non-hydrogen) atoms. The van der Waals surface area contributed by atoms with Gasteiger partial charge in [0.15, 0.2) is 29.4 Å². The highest BCUT2D eigenvalue weighted by atomic mass is 35.7. The minimum Gasteiger partial charge on any atom is -0.271 e. The van der Waals surface area contributed by atoms with Gasteiger partial charge >= 0.3 is 4.74 Å². The first-order chi connectivity index (χ1) is 3.70. The van der Waals surface area contributed by atoms with E-state index in [1.807, 2.05) is 0 Å². The molecule has 0 spiro atoms. The zero-order valence-electron chi connectivity index (χ0n) is 3.56. The maximum Gasteiger partial charge on any atom is 0.307 e. The Morgan fingerprint density at radius 3 is 2.50 bits per heavy atom. The number of rotatable bonds is 0.